The zero-order chi connectivity index (χ0) is 14.5. The molecule has 1 rings (SSSR count). The van der Waals surface area contributed by atoms with E-state index in [-0.39, 0.29) is 36.2 Å². The molecule has 1 aromatic carbocycles. The summed E-state index contributed by atoms with van der Waals surface area (Å²) in [6.07, 6.45) is 0. The van der Waals surface area contributed by atoms with Gasteiger partial charge in [-0.1, -0.05) is 13.8 Å². The Kier molecular flexibility index (Phi) is 7.53. The summed E-state index contributed by atoms with van der Waals surface area (Å²) in [5.74, 6) is 0.00701. The van der Waals surface area contributed by atoms with Gasteiger partial charge in [0.25, 0.3) is 5.91 Å². The van der Waals surface area contributed by atoms with E-state index in [2.05, 4.69) is 0 Å². The number of hydrogen-bond donors (Lipinski definition) is 1. The van der Waals surface area contributed by atoms with Gasteiger partial charge in [-0.05, 0) is 36.2 Å². The van der Waals surface area contributed by atoms with Gasteiger partial charge in [-0.2, -0.15) is 0 Å². The van der Waals surface area contributed by atoms with Crippen molar-refractivity contribution < 1.29 is 13.9 Å². The van der Waals surface area contributed by atoms with Gasteiger partial charge in [-0.15, -0.1) is 12.4 Å². The Morgan fingerprint density at radius 1 is 1.35 bits per heavy atom. The van der Waals surface area contributed by atoms with Crippen molar-refractivity contribution in [3.63, 3.8) is 0 Å². The normalized spacial score (nSPS) is 10.7. The predicted octanol–water partition coefficient (Wildman–Crippen LogP) is 2.07. The number of likely N-dealkylation sites (N-methyl/N-ethyl adjacent to an activating group) is 1. The molecular formula is C14H22ClFN2O2. The summed E-state index contributed by atoms with van der Waals surface area (Å²) >= 11 is 0. The van der Waals surface area contributed by atoms with Crippen LogP contribution in [0.1, 0.15) is 13.8 Å². The minimum atomic E-state index is -0.333. The van der Waals surface area contributed by atoms with Gasteiger partial charge in [0, 0.05) is 13.6 Å². The molecule has 0 aliphatic carbocycles. The second kappa shape index (κ2) is 8.07. The monoisotopic (exact) mass is 304 g/mol. The first kappa shape index (κ1) is 18.7. The minimum Gasteiger partial charge on any atom is -0.484 e. The Morgan fingerprint density at radius 3 is 2.40 bits per heavy atom. The third-order valence-electron chi connectivity index (χ3n) is 2.82. The predicted molar refractivity (Wildman–Crippen MR) is 79.6 cm³/mol. The second-order valence-corrected chi connectivity index (χ2v) is 5.36. The Labute approximate surface area is 125 Å². The highest BCUT2D eigenvalue weighted by Crippen LogP contribution is 2.14. The SMILES string of the molecule is CN(CC(C)(C)CN)C(=O)COc1ccc(F)cc1.Cl. The van der Waals surface area contributed by atoms with Crippen LogP contribution < -0.4 is 10.5 Å². The summed E-state index contributed by atoms with van der Waals surface area (Å²) in [6, 6.07) is 5.57. The standard InChI is InChI=1S/C14H21FN2O2.ClH/c1-14(2,9-16)10-17(3)13(18)8-19-12-6-4-11(15)5-7-12;/h4-7H,8-10,16H2,1-3H3;1H. The molecule has 1 amide bonds. The lowest BCUT2D eigenvalue weighted by atomic mass is 9.93. The van der Waals surface area contributed by atoms with Crippen molar-refractivity contribution in [1.29, 1.82) is 0 Å². The van der Waals surface area contributed by atoms with Crippen LogP contribution in [0.3, 0.4) is 0 Å². The van der Waals surface area contributed by atoms with Gasteiger partial charge in [0.1, 0.15) is 11.6 Å². The zero-order valence-electron chi connectivity index (χ0n) is 12.1. The van der Waals surface area contributed by atoms with Crippen molar-refractivity contribution in [2.24, 2.45) is 11.1 Å². The van der Waals surface area contributed by atoms with E-state index in [9.17, 15) is 9.18 Å². The van der Waals surface area contributed by atoms with Gasteiger partial charge in [0.2, 0.25) is 0 Å². The van der Waals surface area contributed by atoms with Crippen molar-refractivity contribution in [3.8, 4) is 5.75 Å². The molecule has 0 heterocycles. The largest absolute Gasteiger partial charge is 0.484 e. The Balaban J connectivity index is 0.00000361. The van der Waals surface area contributed by atoms with Crippen molar-refractivity contribution in [3.05, 3.63) is 30.1 Å². The number of carbonyl (C=O) groups is 1. The number of ether oxygens (including phenoxy) is 1. The molecule has 0 spiro atoms. The highest BCUT2D eigenvalue weighted by Gasteiger charge is 2.21. The van der Waals surface area contributed by atoms with Crippen molar-refractivity contribution in [2.45, 2.75) is 13.8 Å². The highest BCUT2D eigenvalue weighted by atomic mass is 35.5. The summed E-state index contributed by atoms with van der Waals surface area (Å²) in [5.41, 5.74) is 5.50. The summed E-state index contributed by atoms with van der Waals surface area (Å²) in [4.78, 5) is 13.5. The number of nitrogens with zero attached hydrogens (tertiary/aromatic N) is 1. The van der Waals surface area contributed by atoms with Crippen molar-refractivity contribution in [2.75, 3.05) is 26.7 Å². The van der Waals surface area contributed by atoms with E-state index in [0.29, 0.717) is 18.8 Å². The van der Waals surface area contributed by atoms with Gasteiger partial charge < -0.3 is 15.4 Å². The number of rotatable bonds is 6. The molecule has 0 unspecified atom stereocenters. The molecule has 0 aromatic heterocycles. The van der Waals surface area contributed by atoms with E-state index in [1.54, 1.807) is 11.9 Å². The first-order chi connectivity index (χ1) is 8.84. The van der Waals surface area contributed by atoms with Crippen LogP contribution in [-0.2, 0) is 4.79 Å². The van der Waals surface area contributed by atoms with Crippen LogP contribution in [0.2, 0.25) is 0 Å². The van der Waals surface area contributed by atoms with E-state index in [4.69, 9.17) is 10.5 Å². The number of amides is 1. The van der Waals surface area contributed by atoms with Crippen LogP contribution in [0.15, 0.2) is 24.3 Å². The summed E-state index contributed by atoms with van der Waals surface area (Å²) in [6.45, 7) is 5.00. The molecule has 114 valence electrons. The van der Waals surface area contributed by atoms with E-state index >= 15 is 0 Å². The molecule has 0 fully saturated rings. The number of carbonyl (C=O) groups excluding carboxylic acids is 1. The van der Waals surface area contributed by atoms with Gasteiger partial charge >= 0.3 is 0 Å². The summed E-state index contributed by atoms with van der Waals surface area (Å²) in [7, 11) is 1.72. The summed E-state index contributed by atoms with van der Waals surface area (Å²) < 4.78 is 18.0. The average Bonchev–Trinajstić information content (AvgIpc) is 2.37. The number of nitrogens with two attached hydrogens (primary N) is 1. The summed E-state index contributed by atoms with van der Waals surface area (Å²) in [5, 5.41) is 0. The quantitative estimate of drug-likeness (QED) is 0.875. The third-order valence-corrected chi connectivity index (χ3v) is 2.82. The molecule has 0 radical (unpaired) electrons. The van der Waals surface area contributed by atoms with Crippen LogP contribution in [0.5, 0.6) is 5.75 Å². The van der Waals surface area contributed by atoms with E-state index in [0.717, 1.165) is 0 Å². The molecule has 0 aliphatic heterocycles. The molecular weight excluding hydrogens is 283 g/mol. The first-order valence-electron chi connectivity index (χ1n) is 6.16. The van der Waals surface area contributed by atoms with Crippen LogP contribution >= 0.6 is 12.4 Å². The molecule has 0 bridgehead atoms. The molecule has 6 heteroatoms. The zero-order valence-corrected chi connectivity index (χ0v) is 12.9. The molecule has 0 aliphatic rings. The van der Waals surface area contributed by atoms with Crippen molar-refractivity contribution >= 4 is 18.3 Å². The number of halogens is 2. The molecule has 20 heavy (non-hydrogen) atoms. The third kappa shape index (κ3) is 6.21. The van der Waals surface area contributed by atoms with E-state index in [1.165, 1.54) is 24.3 Å². The lowest BCUT2D eigenvalue weighted by molar-refractivity contribution is -0.133. The maximum Gasteiger partial charge on any atom is 0.260 e. The fourth-order valence-corrected chi connectivity index (χ4v) is 1.58. The van der Waals surface area contributed by atoms with Crippen LogP contribution in [0.4, 0.5) is 4.39 Å². The smallest absolute Gasteiger partial charge is 0.260 e. The molecule has 4 nitrogen and oxygen atoms in total. The fourth-order valence-electron chi connectivity index (χ4n) is 1.58. The number of benzene rings is 1. The molecule has 1 aromatic rings. The lowest BCUT2D eigenvalue weighted by Gasteiger charge is -2.28. The maximum atomic E-state index is 12.7. The molecule has 0 saturated heterocycles. The highest BCUT2D eigenvalue weighted by molar-refractivity contribution is 5.85. The Bertz CT molecular complexity index is 424. The lowest BCUT2D eigenvalue weighted by Crippen LogP contribution is -2.41. The fraction of sp³-hybridized carbons (Fsp3) is 0.500. The maximum absolute atomic E-state index is 12.7. The minimum absolute atomic E-state index is 0. The molecule has 2 N–H and O–H groups in total. The van der Waals surface area contributed by atoms with Gasteiger partial charge in [-0.25, -0.2) is 4.39 Å². The number of hydrogen-bond acceptors (Lipinski definition) is 3. The van der Waals surface area contributed by atoms with Crippen LogP contribution in [-0.4, -0.2) is 37.6 Å². The van der Waals surface area contributed by atoms with E-state index in [1.807, 2.05) is 13.8 Å². The van der Waals surface area contributed by atoms with Crippen LogP contribution in [0, 0.1) is 11.2 Å². The topological polar surface area (TPSA) is 55.6 Å². The van der Waals surface area contributed by atoms with E-state index < -0.39 is 0 Å². The van der Waals surface area contributed by atoms with Crippen LogP contribution in [0.25, 0.3) is 0 Å². The molecule has 0 saturated carbocycles. The van der Waals surface area contributed by atoms with Crippen molar-refractivity contribution in [1.82, 2.24) is 4.90 Å². The second-order valence-electron chi connectivity index (χ2n) is 5.36. The Hall–Kier alpha value is -1.33. The van der Waals surface area contributed by atoms with Gasteiger partial charge in [0.05, 0.1) is 0 Å². The average molecular weight is 305 g/mol. The van der Waals surface area contributed by atoms with Gasteiger partial charge in [0.15, 0.2) is 6.61 Å². The molecule has 0 atom stereocenters. The van der Waals surface area contributed by atoms with Gasteiger partial charge in [-0.3, -0.25) is 4.79 Å². The first-order valence-corrected chi connectivity index (χ1v) is 6.16. The Morgan fingerprint density at radius 2 is 1.90 bits per heavy atom.